The Labute approximate surface area is 41.8 Å². The second-order valence-corrected chi connectivity index (χ2v) is 1.81. The monoisotopic (exact) mass is 100 g/mol. The lowest BCUT2D eigenvalue weighted by Gasteiger charge is -2.00. The van der Waals surface area contributed by atoms with E-state index >= 15 is 0 Å². The molecule has 1 heterocycles. The van der Waals surface area contributed by atoms with Crippen molar-refractivity contribution in [3.63, 3.8) is 0 Å². The fourth-order valence-corrected chi connectivity index (χ4v) is 0.786. The summed E-state index contributed by atoms with van der Waals surface area (Å²) in [6.07, 6.45) is 2.09. The standard InChI is InChI=1S/C4H6NS/c1-2-5-4-6-3-1/h1,3-5H,2H2. The van der Waals surface area contributed by atoms with Crippen molar-refractivity contribution in [1.82, 2.24) is 5.32 Å². The molecule has 0 saturated carbocycles. The summed E-state index contributed by atoms with van der Waals surface area (Å²) in [6.45, 7) is 0.993. The highest BCUT2D eigenvalue weighted by Crippen LogP contribution is 2.06. The molecule has 0 atom stereocenters. The zero-order chi connectivity index (χ0) is 4.24. The second-order valence-electron chi connectivity index (χ2n) is 1.03. The van der Waals surface area contributed by atoms with Gasteiger partial charge >= 0.3 is 0 Å². The van der Waals surface area contributed by atoms with E-state index in [0.29, 0.717) is 0 Å². The van der Waals surface area contributed by atoms with E-state index in [2.05, 4.69) is 16.8 Å². The summed E-state index contributed by atoms with van der Waals surface area (Å²) < 4.78 is 0. The Hall–Kier alpha value is 0.0500. The van der Waals surface area contributed by atoms with Gasteiger partial charge in [0.25, 0.3) is 0 Å². The highest BCUT2D eigenvalue weighted by molar-refractivity contribution is 8.04. The van der Waals surface area contributed by atoms with Crippen molar-refractivity contribution in [1.29, 1.82) is 0 Å². The first kappa shape index (κ1) is 4.22. The molecule has 1 radical (unpaired) electrons. The zero-order valence-corrected chi connectivity index (χ0v) is 4.16. The smallest absolute Gasteiger partial charge is 0.0829 e. The summed E-state index contributed by atoms with van der Waals surface area (Å²) in [7, 11) is 0. The van der Waals surface area contributed by atoms with Crippen molar-refractivity contribution < 1.29 is 0 Å². The quantitative estimate of drug-likeness (QED) is 0.486. The Morgan fingerprint density at radius 3 is 2.83 bits per heavy atom. The van der Waals surface area contributed by atoms with Crippen LogP contribution in [0.25, 0.3) is 0 Å². The normalized spacial score (nSPS) is 21.3. The van der Waals surface area contributed by atoms with Gasteiger partial charge in [0.1, 0.15) is 0 Å². The summed E-state index contributed by atoms with van der Waals surface area (Å²) in [5, 5.41) is 5.10. The van der Waals surface area contributed by atoms with Gasteiger partial charge in [-0.25, -0.2) is 0 Å². The van der Waals surface area contributed by atoms with Crippen molar-refractivity contribution in [3.8, 4) is 0 Å². The van der Waals surface area contributed by atoms with Gasteiger partial charge in [-0.2, -0.15) is 0 Å². The molecule has 2 heteroatoms. The predicted molar refractivity (Wildman–Crippen MR) is 29.0 cm³/mol. The number of rotatable bonds is 0. The summed E-state index contributed by atoms with van der Waals surface area (Å²) in [4.78, 5) is 0. The molecule has 1 N–H and O–H groups in total. The van der Waals surface area contributed by atoms with Crippen LogP contribution >= 0.6 is 11.8 Å². The molecule has 0 unspecified atom stereocenters. The van der Waals surface area contributed by atoms with E-state index in [1.54, 1.807) is 11.8 Å². The molecular weight excluding hydrogens is 94.1 g/mol. The van der Waals surface area contributed by atoms with Crippen LogP contribution in [0.3, 0.4) is 0 Å². The molecule has 0 fully saturated rings. The minimum atomic E-state index is 0.993. The molecule has 1 nitrogen and oxygen atoms in total. The minimum Gasteiger partial charge on any atom is -0.300 e. The second kappa shape index (κ2) is 2.26. The highest BCUT2D eigenvalue weighted by atomic mass is 32.2. The first-order valence-electron chi connectivity index (χ1n) is 1.86. The van der Waals surface area contributed by atoms with E-state index in [4.69, 9.17) is 0 Å². The molecule has 0 aliphatic carbocycles. The van der Waals surface area contributed by atoms with Crippen LogP contribution in [-0.2, 0) is 0 Å². The Morgan fingerprint density at radius 2 is 2.67 bits per heavy atom. The van der Waals surface area contributed by atoms with E-state index in [1.165, 1.54) is 0 Å². The number of thioether (sulfide) groups is 1. The Balaban J connectivity index is 2.26. The van der Waals surface area contributed by atoms with Gasteiger partial charge in [0.2, 0.25) is 0 Å². The minimum absolute atomic E-state index is 0.993. The first-order chi connectivity index (χ1) is 3.00. The predicted octanol–water partition coefficient (Wildman–Crippen LogP) is 0.956. The molecule has 33 valence electrons. The van der Waals surface area contributed by atoms with Gasteiger partial charge in [0.05, 0.1) is 5.88 Å². The number of hydrogen-bond acceptors (Lipinski definition) is 2. The van der Waals surface area contributed by atoms with Crippen LogP contribution in [0.15, 0.2) is 11.5 Å². The molecule has 1 aliphatic rings. The SMILES string of the molecule is [CH]1NCC=CS1. The molecule has 0 amide bonds. The van der Waals surface area contributed by atoms with E-state index in [0.717, 1.165) is 6.54 Å². The molecule has 6 heavy (non-hydrogen) atoms. The molecule has 0 aromatic carbocycles. The van der Waals surface area contributed by atoms with Crippen LogP contribution in [0.1, 0.15) is 0 Å². The van der Waals surface area contributed by atoms with Crippen molar-refractivity contribution in [3.05, 3.63) is 17.4 Å². The maximum absolute atomic E-state index is 3.04. The molecule has 0 aromatic rings. The molecule has 0 saturated heterocycles. The van der Waals surface area contributed by atoms with Crippen LogP contribution < -0.4 is 5.32 Å². The van der Waals surface area contributed by atoms with Gasteiger partial charge < -0.3 is 0 Å². The van der Waals surface area contributed by atoms with Crippen LogP contribution in [-0.4, -0.2) is 6.54 Å². The van der Waals surface area contributed by atoms with Gasteiger partial charge in [-0.05, 0) is 5.41 Å². The van der Waals surface area contributed by atoms with E-state index < -0.39 is 0 Å². The summed E-state index contributed by atoms with van der Waals surface area (Å²) in [5.41, 5.74) is 0. The fourth-order valence-electron chi connectivity index (χ4n) is 0.307. The number of nitrogens with one attached hydrogen (secondary N) is 1. The van der Waals surface area contributed by atoms with Gasteiger partial charge in [-0.3, -0.25) is 5.32 Å². The van der Waals surface area contributed by atoms with Crippen molar-refractivity contribution in [2.45, 2.75) is 0 Å². The largest absolute Gasteiger partial charge is 0.300 e. The third-order valence-corrected chi connectivity index (χ3v) is 1.21. The van der Waals surface area contributed by atoms with Gasteiger partial charge in [-0.15, -0.1) is 11.8 Å². The maximum Gasteiger partial charge on any atom is 0.0829 e. The van der Waals surface area contributed by atoms with E-state index in [-0.39, 0.29) is 0 Å². The maximum atomic E-state index is 3.04. The Morgan fingerprint density at radius 1 is 1.67 bits per heavy atom. The lowest BCUT2D eigenvalue weighted by Crippen LogP contribution is -2.08. The van der Waals surface area contributed by atoms with Crippen LogP contribution in [0.4, 0.5) is 0 Å². The van der Waals surface area contributed by atoms with Gasteiger partial charge in [-0.1, -0.05) is 6.08 Å². The Kier molecular flexibility index (Phi) is 1.59. The zero-order valence-electron chi connectivity index (χ0n) is 3.35. The van der Waals surface area contributed by atoms with E-state index in [9.17, 15) is 0 Å². The van der Waals surface area contributed by atoms with Crippen LogP contribution in [0.2, 0.25) is 0 Å². The van der Waals surface area contributed by atoms with Crippen LogP contribution in [0, 0.1) is 5.88 Å². The highest BCUT2D eigenvalue weighted by Gasteiger charge is 1.85. The molecule has 1 rings (SSSR count). The van der Waals surface area contributed by atoms with Crippen molar-refractivity contribution in [2.24, 2.45) is 0 Å². The lowest BCUT2D eigenvalue weighted by molar-refractivity contribution is 0.959. The number of hydrogen-bond donors (Lipinski definition) is 1. The molecule has 1 aliphatic heterocycles. The van der Waals surface area contributed by atoms with Gasteiger partial charge in [0, 0.05) is 6.54 Å². The summed E-state index contributed by atoms with van der Waals surface area (Å²) in [5.74, 6) is 1.97. The molecule has 0 bridgehead atoms. The molecule has 0 spiro atoms. The lowest BCUT2D eigenvalue weighted by atomic mass is 10.6. The topological polar surface area (TPSA) is 12.0 Å². The molecule has 0 aromatic heterocycles. The van der Waals surface area contributed by atoms with Crippen molar-refractivity contribution >= 4 is 11.8 Å². The first-order valence-corrected chi connectivity index (χ1v) is 2.80. The van der Waals surface area contributed by atoms with Crippen LogP contribution in [0.5, 0.6) is 0 Å². The average molecular weight is 100 g/mol. The molecular formula is C4H6NS. The van der Waals surface area contributed by atoms with Gasteiger partial charge in [0.15, 0.2) is 0 Å². The van der Waals surface area contributed by atoms with E-state index in [1.807, 2.05) is 5.88 Å². The third-order valence-electron chi connectivity index (χ3n) is 0.562. The fraction of sp³-hybridized carbons (Fsp3) is 0.250. The Bertz CT molecular complexity index is 52.6. The summed E-state index contributed by atoms with van der Waals surface area (Å²) in [6, 6.07) is 0. The summed E-state index contributed by atoms with van der Waals surface area (Å²) >= 11 is 1.68. The van der Waals surface area contributed by atoms with Crippen molar-refractivity contribution in [2.75, 3.05) is 6.54 Å². The average Bonchev–Trinajstić information content (AvgIpc) is 1.72. The third kappa shape index (κ3) is 1.03.